The van der Waals surface area contributed by atoms with E-state index < -0.39 is 83.9 Å². The average Bonchev–Trinajstić information content (AvgIpc) is 3.56. The second kappa shape index (κ2) is 18.4. The number of alkyl carbamates (subject to hydrolysis) is 1. The molecule has 15 nitrogen and oxygen atoms in total. The van der Waals surface area contributed by atoms with Crippen LogP contribution >= 0.6 is 0 Å². The topological polar surface area (TPSA) is 180 Å². The molecule has 3 aliphatic rings. The summed E-state index contributed by atoms with van der Waals surface area (Å²) in [5.41, 5.74) is 1.41. The molecule has 0 saturated carbocycles. The first kappa shape index (κ1) is 42.9. The Morgan fingerprint density at radius 2 is 1.77 bits per heavy atom. The molecule has 3 aliphatic heterocycles. The smallest absolute Gasteiger partial charge is 0.407 e. The van der Waals surface area contributed by atoms with Gasteiger partial charge in [-0.3, -0.25) is 19.6 Å². The Morgan fingerprint density at radius 1 is 1.05 bits per heavy atom. The van der Waals surface area contributed by atoms with Crippen LogP contribution in [-0.4, -0.2) is 126 Å². The molecule has 56 heavy (non-hydrogen) atoms. The van der Waals surface area contributed by atoms with E-state index in [1.54, 1.807) is 19.3 Å². The van der Waals surface area contributed by atoms with Crippen LogP contribution in [0.5, 0.6) is 0 Å². The molecular weight excluding hydrogens is 722 g/mol. The number of benzene rings is 1. The number of hydrogen-bond acceptors (Lipinski definition) is 14. The molecule has 0 bridgehead atoms. The minimum absolute atomic E-state index is 0.0794. The van der Waals surface area contributed by atoms with E-state index in [-0.39, 0.29) is 25.2 Å². The third-order valence-electron chi connectivity index (χ3n) is 11.4. The number of oxime groups is 1. The van der Waals surface area contributed by atoms with Crippen molar-refractivity contribution < 1.29 is 48.0 Å². The Bertz CT molecular complexity index is 1810. The maximum atomic E-state index is 14.5. The molecule has 1 aromatic carbocycles. The van der Waals surface area contributed by atoms with E-state index in [1.165, 1.54) is 14.0 Å². The van der Waals surface area contributed by atoms with E-state index in [1.807, 2.05) is 71.8 Å². The van der Waals surface area contributed by atoms with Crippen LogP contribution in [-0.2, 0) is 38.1 Å². The number of aromatic nitrogens is 2. The lowest BCUT2D eigenvalue weighted by atomic mass is 9.75. The molecule has 13 atom stereocenters. The summed E-state index contributed by atoms with van der Waals surface area (Å²) < 4.78 is 31.4. The molecule has 2 N–H and O–H groups in total. The summed E-state index contributed by atoms with van der Waals surface area (Å²) in [6.07, 6.45) is -1.57. The van der Waals surface area contributed by atoms with E-state index in [2.05, 4.69) is 32.3 Å². The number of esters is 1. The SMILES string of the molecule is CC[C@H]1OC(=O)[C@H](C)C(=O)[C@H](C)[C@@H](OC2O[C@H](C)C[C@H](N(C)C)C2O)[C@@](C)(OCC#Cc2ccc3nccnc3c2)C[C@@H](C)/C(=N\OC)[C@H](C)[C@H]2NC(=O)O[C@@H]21. The lowest BCUT2D eigenvalue weighted by Gasteiger charge is -2.47. The van der Waals surface area contributed by atoms with Crippen molar-refractivity contribution in [3.63, 3.8) is 0 Å². The summed E-state index contributed by atoms with van der Waals surface area (Å²) in [5.74, 6) is 1.98. The third-order valence-corrected chi connectivity index (χ3v) is 11.4. The van der Waals surface area contributed by atoms with Crippen molar-refractivity contribution in [2.24, 2.45) is 28.8 Å². The van der Waals surface area contributed by atoms with Crippen LogP contribution in [0.25, 0.3) is 11.0 Å². The number of cyclic esters (lactones) is 1. The van der Waals surface area contributed by atoms with E-state index >= 15 is 0 Å². The van der Waals surface area contributed by atoms with Crippen LogP contribution in [0.4, 0.5) is 4.79 Å². The van der Waals surface area contributed by atoms with E-state index in [9.17, 15) is 19.5 Å². The summed E-state index contributed by atoms with van der Waals surface area (Å²) in [7, 11) is 5.20. The summed E-state index contributed by atoms with van der Waals surface area (Å²) >= 11 is 0. The van der Waals surface area contributed by atoms with Crippen molar-refractivity contribution in [1.82, 2.24) is 20.2 Å². The number of hydrogen-bond donors (Lipinski definition) is 2. The maximum Gasteiger partial charge on any atom is 0.407 e. The number of ether oxygens (including phenoxy) is 5. The maximum absolute atomic E-state index is 14.5. The number of likely N-dealkylation sites (N-methyl/N-ethyl adjacent to an activating group) is 1. The second-order valence-electron chi connectivity index (χ2n) is 15.7. The van der Waals surface area contributed by atoms with Crippen LogP contribution in [0.2, 0.25) is 0 Å². The van der Waals surface area contributed by atoms with Gasteiger partial charge in [0.05, 0.1) is 40.6 Å². The Balaban J connectivity index is 1.59. The first-order valence-corrected chi connectivity index (χ1v) is 19.4. The number of ketones is 1. The van der Waals surface area contributed by atoms with Crippen molar-refractivity contribution in [1.29, 1.82) is 0 Å². The molecule has 2 unspecified atom stereocenters. The van der Waals surface area contributed by atoms with Gasteiger partial charge in [0.15, 0.2) is 18.2 Å². The Hall–Kier alpha value is -4.20. The monoisotopic (exact) mass is 779 g/mol. The average molecular weight is 780 g/mol. The van der Waals surface area contributed by atoms with Gasteiger partial charge in [0, 0.05) is 41.8 Å². The van der Waals surface area contributed by atoms with E-state index in [4.69, 9.17) is 28.5 Å². The number of fused-ring (bicyclic) bond motifs is 2. The minimum atomic E-state index is -1.32. The van der Waals surface area contributed by atoms with Crippen LogP contribution in [0.15, 0.2) is 35.7 Å². The van der Waals surface area contributed by atoms with Gasteiger partial charge in [-0.25, -0.2) is 4.79 Å². The standard InChI is InChI=1S/C41H57N5O10/c1-11-31-36-33(44-40(50)55-36)24(4)32(45-51-10)22(2)21-41(7,52-18-12-13-27-14-15-28-29(20-27)43-17-16-42-28)37(25(5)34(47)26(6)38(49)54-31)56-39-35(48)30(46(8)9)19-23(3)53-39/h14-17,20,22-26,30-31,33,35-37,39,48H,11,18-19,21H2,1-10H3,(H,44,50)/b45-32+/t22-,23-,24+,25+,26-,30+,31-,33-,35?,36-,37-,39?,41+/m1/s1. The molecule has 4 heterocycles. The number of nitrogens with one attached hydrogen (secondary N) is 1. The minimum Gasteiger partial charge on any atom is -0.458 e. The zero-order valence-electron chi connectivity index (χ0n) is 34.1. The molecule has 1 aromatic heterocycles. The normalized spacial score (nSPS) is 36.5. The quantitative estimate of drug-likeness (QED) is 0.179. The molecule has 0 spiro atoms. The van der Waals surface area contributed by atoms with Gasteiger partial charge in [-0.05, 0) is 72.3 Å². The Morgan fingerprint density at radius 3 is 2.45 bits per heavy atom. The molecule has 5 rings (SSSR count). The number of aliphatic hydroxyl groups is 1. The summed E-state index contributed by atoms with van der Waals surface area (Å²) in [6, 6.07) is 4.60. The number of carbonyl (C=O) groups is 3. The highest BCUT2D eigenvalue weighted by Crippen LogP contribution is 2.38. The van der Waals surface area contributed by atoms with Gasteiger partial charge >= 0.3 is 12.1 Å². The fraction of sp³-hybridized carbons (Fsp3) is 0.659. The van der Waals surface area contributed by atoms with Gasteiger partial charge in [0.1, 0.15) is 31.8 Å². The summed E-state index contributed by atoms with van der Waals surface area (Å²) in [6.45, 7) is 12.5. The molecule has 3 saturated heterocycles. The van der Waals surface area contributed by atoms with Crippen LogP contribution < -0.4 is 5.32 Å². The molecular formula is C41H57N5O10. The molecule has 0 radical (unpaired) electrons. The van der Waals surface area contributed by atoms with Crippen LogP contribution in [0.3, 0.4) is 0 Å². The van der Waals surface area contributed by atoms with Crippen LogP contribution in [0, 0.1) is 35.5 Å². The lowest BCUT2D eigenvalue weighted by Crippen LogP contribution is -2.59. The van der Waals surface area contributed by atoms with Gasteiger partial charge in [0.2, 0.25) is 0 Å². The third kappa shape index (κ3) is 9.49. The number of carbonyl (C=O) groups excluding carboxylic acids is 3. The number of Topliss-reactive ketones (excluding diaryl/α,β-unsaturated/α-hetero) is 1. The highest BCUT2D eigenvalue weighted by atomic mass is 16.7. The molecule has 306 valence electrons. The number of nitrogens with zero attached hydrogens (tertiary/aromatic N) is 4. The van der Waals surface area contributed by atoms with Crippen molar-refractivity contribution in [3.05, 3.63) is 36.2 Å². The summed E-state index contributed by atoms with van der Waals surface area (Å²) in [5, 5.41) is 19.0. The molecule has 0 aliphatic carbocycles. The van der Waals surface area contributed by atoms with Gasteiger partial charge < -0.3 is 43.8 Å². The van der Waals surface area contributed by atoms with Crippen molar-refractivity contribution in [2.45, 2.75) is 122 Å². The fourth-order valence-corrected chi connectivity index (χ4v) is 8.31. The Labute approximate surface area is 329 Å². The first-order valence-electron chi connectivity index (χ1n) is 19.4. The molecule has 1 amide bonds. The number of rotatable bonds is 7. The van der Waals surface area contributed by atoms with Gasteiger partial charge in [-0.1, -0.05) is 44.7 Å². The number of aliphatic hydroxyl groups excluding tert-OH is 1. The lowest BCUT2D eigenvalue weighted by molar-refractivity contribution is -0.296. The van der Waals surface area contributed by atoms with E-state index in [0.29, 0.717) is 29.6 Å². The van der Waals surface area contributed by atoms with E-state index in [0.717, 1.165) is 5.52 Å². The second-order valence-corrected chi connectivity index (χ2v) is 15.7. The highest BCUT2D eigenvalue weighted by Gasteiger charge is 2.52. The Kier molecular flexibility index (Phi) is 14.1. The largest absolute Gasteiger partial charge is 0.458 e. The summed E-state index contributed by atoms with van der Waals surface area (Å²) in [4.78, 5) is 56.9. The van der Waals surface area contributed by atoms with Crippen LogP contribution in [0.1, 0.15) is 73.3 Å². The van der Waals surface area contributed by atoms with Crippen molar-refractivity contribution in [2.75, 3.05) is 27.8 Å². The highest BCUT2D eigenvalue weighted by molar-refractivity contribution is 6.00. The van der Waals surface area contributed by atoms with Gasteiger partial charge in [-0.15, -0.1) is 0 Å². The zero-order chi connectivity index (χ0) is 40.9. The van der Waals surface area contributed by atoms with Gasteiger partial charge in [0.25, 0.3) is 0 Å². The number of amides is 1. The predicted molar refractivity (Wildman–Crippen MR) is 206 cm³/mol. The predicted octanol–water partition coefficient (Wildman–Crippen LogP) is 3.89. The van der Waals surface area contributed by atoms with Crippen molar-refractivity contribution >= 4 is 34.6 Å². The molecule has 15 heteroatoms. The zero-order valence-corrected chi connectivity index (χ0v) is 34.1. The van der Waals surface area contributed by atoms with Crippen molar-refractivity contribution in [3.8, 4) is 11.8 Å². The molecule has 2 aromatic rings. The van der Waals surface area contributed by atoms with Gasteiger partial charge in [-0.2, -0.15) is 0 Å². The fourth-order valence-electron chi connectivity index (χ4n) is 8.31. The first-order chi connectivity index (χ1) is 26.6. The molecule has 3 fully saturated rings.